The third-order valence-corrected chi connectivity index (χ3v) is 6.57. The summed E-state index contributed by atoms with van der Waals surface area (Å²) >= 11 is 3.10. The van der Waals surface area contributed by atoms with Gasteiger partial charge in [-0.25, -0.2) is 13.1 Å². The van der Waals surface area contributed by atoms with Crippen LogP contribution in [0.3, 0.4) is 0 Å². The number of nitrogens with one attached hydrogen (secondary N) is 1. The maximum atomic E-state index is 11.8. The van der Waals surface area contributed by atoms with Crippen molar-refractivity contribution in [3.63, 3.8) is 0 Å². The molecule has 3 N–H and O–H groups in total. The number of nitrogens with zero attached hydrogens (tertiary/aromatic N) is 2. The number of hydrogen-bond donors (Lipinski definition) is 2. The highest BCUT2D eigenvalue weighted by Crippen LogP contribution is 2.14. The molecule has 0 aromatic carbocycles. The molecule has 21 heavy (non-hydrogen) atoms. The van der Waals surface area contributed by atoms with Gasteiger partial charge in [0.2, 0.25) is 10.0 Å². The largest absolute Gasteiger partial charge is 0.370 e. The van der Waals surface area contributed by atoms with Gasteiger partial charge in [-0.05, 0) is 11.4 Å². The lowest BCUT2D eigenvalue weighted by Gasteiger charge is -2.27. The Kier molecular flexibility index (Phi) is 8.31. The minimum absolute atomic E-state index is 0. The lowest BCUT2D eigenvalue weighted by Crippen LogP contribution is -2.43. The van der Waals surface area contributed by atoms with E-state index in [0.717, 1.165) is 24.6 Å². The number of guanidine groups is 1. The maximum Gasteiger partial charge on any atom is 0.250 e. The highest BCUT2D eigenvalue weighted by atomic mass is 127. The van der Waals surface area contributed by atoms with Gasteiger partial charge in [-0.3, -0.25) is 4.99 Å². The first kappa shape index (κ1) is 19.0. The molecule has 2 rings (SSSR count). The summed E-state index contributed by atoms with van der Waals surface area (Å²) in [4.78, 5) is 6.25. The summed E-state index contributed by atoms with van der Waals surface area (Å²) in [6.45, 7) is 2.41. The molecule has 0 unspecified atom stereocenters. The Balaban J connectivity index is 0.00000220. The third kappa shape index (κ3) is 5.93. The Hall–Kier alpha value is -0.0400. The number of aliphatic imine (C=N–C) groups is 1. The smallest absolute Gasteiger partial charge is 0.250 e. The molecule has 1 aliphatic rings. The van der Waals surface area contributed by atoms with Crippen LogP contribution in [0.25, 0.3) is 0 Å². The molecule has 10 heteroatoms. The number of rotatable bonds is 5. The molecule has 0 bridgehead atoms. The minimum atomic E-state index is -3.40. The van der Waals surface area contributed by atoms with Crippen molar-refractivity contribution in [2.24, 2.45) is 10.7 Å². The standard InChI is InChI=1S/C11H18N4O2S3.HI/c12-11(15-5-8-18-9-6-15)13-3-4-14-20(16,17)10-2-1-7-19-10;/h1-2,7,14H,3-6,8-9H2,(H2,12,13);1H. The second kappa shape index (κ2) is 9.18. The number of hydrogen-bond acceptors (Lipinski definition) is 5. The fourth-order valence-corrected chi connectivity index (χ4v) is 4.69. The predicted molar refractivity (Wildman–Crippen MR) is 100 cm³/mol. The SMILES string of the molecule is I.NC(=NCCNS(=O)(=O)c1cccs1)N1CCSCC1. The Morgan fingerprint density at radius 3 is 2.76 bits per heavy atom. The van der Waals surface area contributed by atoms with Gasteiger partial charge in [0.25, 0.3) is 0 Å². The number of nitrogens with two attached hydrogens (primary N) is 1. The first-order valence-corrected chi connectivity index (χ1v) is 9.77. The van der Waals surface area contributed by atoms with Crippen molar-refractivity contribution in [2.75, 3.05) is 37.7 Å². The fraction of sp³-hybridized carbons (Fsp3) is 0.545. The third-order valence-electron chi connectivity index (χ3n) is 2.77. The molecule has 120 valence electrons. The topological polar surface area (TPSA) is 87.8 Å². The Morgan fingerprint density at radius 2 is 2.14 bits per heavy atom. The summed E-state index contributed by atoms with van der Waals surface area (Å²) in [6, 6.07) is 3.29. The fourth-order valence-electron chi connectivity index (χ4n) is 1.73. The van der Waals surface area contributed by atoms with Gasteiger partial charge < -0.3 is 10.6 Å². The highest BCUT2D eigenvalue weighted by molar-refractivity contribution is 14.0. The van der Waals surface area contributed by atoms with Crippen LogP contribution in [-0.4, -0.2) is 57.0 Å². The molecule has 2 heterocycles. The van der Waals surface area contributed by atoms with Crippen molar-refractivity contribution in [1.82, 2.24) is 9.62 Å². The van der Waals surface area contributed by atoms with Crippen LogP contribution in [0.1, 0.15) is 0 Å². The van der Waals surface area contributed by atoms with Crippen molar-refractivity contribution in [1.29, 1.82) is 0 Å². The molecule has 0 amide bonds. The van der Waals surface area contributed by atoms with E-state index in [0.29, 0.717) is 16.7 Å². The molecule has 0 radical (unpaired) electrons. The molecule has 0 saturated carbocycles. The Bertz CT molecular complexity index is 542. The van der Waals surface area contributed by atoms with Crippen LogP contribution in [0.15, 0.2) is 26.7 Å². The number of halogens is 1. The molecular weight excluding hydrogens is 443 g/mol. The van der Waals surface area contributed by atoms with Gasteiger partial charge in [-0.15, -0.1) is 35.3 Å². The van der Waals surface area contributed by atoms with Gasteiger partial charge in [0.1, 0.15) is 4.21 Å². The van der Waals surface area contributed by atoms with Gasteiger partial charge >= 0.3 is 0 Å². The number of sulfonamides is 1. The average Bonchev–Trinajstić information content (AvgIpc) is 2.99. The second-order valence-corrected chi connectivity index (χ2v) is 8.34. The Morgan fingerprint density at radius 1 is 1.43 bits per heavy atom. The lowest BCUT2D eigenvalue weighted by atomic mass is 10.5. The van der Waals surface area contributed by atoms with E-state index in [9.17, 15) is 8.42 Å². The van der Waals surface area contributed by atoms with E-state index in [4.69, 9.17) is 5.73 Å². The molecule has 0 spiro atoms. The van der Waals surface area contributed by atoms with Gasteiger partial charge in [0, 0.05) is 31.1 Å². The molecule has 0 aliphatic carbocycles. The lowest BCUT2D eigenvalue weighted by molar-refractivity contribution is 0.456. The van der Waals surface area contributed by atoms with E-state index in [2.05, 4.69) is 9.71 Å². The first-order valence-electron chi connectivity index (χ1n) is 6.25. The predicted octanol–water partition coefficient (Wildman–Crippen LogP) is 1.01. The summed E-state index contributed by atoms with van der Waals surface area (Å²) in [5.74, 6) is 2.61. The minimum Gasteiger partial charge on any atom is -0.370 e. The number of thioether (sulfide) groups is 1. The highest BCUT2D eigenvalue weighted by Gasteiger charge is 2.14. The molecule has 0 atom stereocenters. The van der Waals surface area contributed by atoms with Gasteiger partial charge in [0.15, 0.2) is 5.96 Å². The summed E-state index contributed by atoms with van der Waals surface area (Å²) in [5, 5.41) is 1.74. The Labute approximate surface area is 150 Å². The average molecular weight is 462 g/mol. The zero-order chi connectivity index (χ0) is 14.4. The van der Waals surface area contributed by atoms with Crippen molar-refractivity contribution < 1.29 is 8.42 Å². The molecule has 1 fully saturated rings. The monoisotopic (exact) mass is 462 g/mol. The second-order valence-electron chi connectivity index (χ2n) is 4.17. The van der Waals surface area contributed by atoms with Crippen LogP contribution in [0.5, 0.6) is 0 Å². The summed E-state index contributed by atoms with van der Waals surface area (Å²) in [5.41, 5.74) is 5.88. The van der Waals surface area contributed by atoms with Crippen LogP contribution < -0.4 is 10.5 Å². The van der Waals surface area contributed by atoms with Crippen LogP contribution in [0.2, 0.25) is 0 Å². The van der Waals surface area contributed by atoms with E-state index >= 15 is 0 Å². The normalized spacial score (nSPS) is 16.6. The van der Waals surface area contributed by atoms with Crippen LogP contribution >= 0.6 is 47.1 Å². The molecule has 1 aliphatic heterocycles. The van der Waals surface area contributed by atoms with E-state index < -0.39 is 10.0 Å². The molecule has 1 aromatic rings. The molecular formula is C11H19IN4O2S3. The number of thiophene rings is 1. The van der Waals surface area contributed by atoms with E-state index in [-0.39, 0.29) is 30.5 Å². The summed E-state index contributed by atoms with van der Waals surface area (Å²) in [7, 11) is -3.40. The van der Waals surface area contributed by atoms with E-state index in [1.807, 2.05) is 16.7 Å². The van der Waals surface area contributed by atoms with Crippen LogP contribution in [-0.2, 0) is 10.0 Å². The first-order chi connectivity index (χ1) is 9.59. The van der Waals surface area contributed by atoms with Gasteiger partial charge in [-0.2, -0.15) is 11.8 Å². The summed E-state index contributed by atoms with van der Waals surface area (Å²) < 4.78 is 26.5. The zero-order valence-electron chi connectivity index (χ0n) is 11.4. The molecule has 1 aromatic heterocycles. The van der Waals surface area contributed by atoms with Crippen molar-refractivity contribution in [3.05, 3.63) is 17.5 Å². The van der Waals surface area contributed by atoms with Crippen molar-refractivity contribution >= 4 is 63.1 Å². The van der Waals surface area contributed by atoms with E-state index in [1.54, 1.807) is 17.5 Å². The van der Waals surface area contributed by atoms with Crippen LogP contribution in [0, 0.1) is 0 Å². The summed E-state index contributed by atoms with van der Waals surface area (Å²) in [6.07, 6.45) is 0. The molecule has 1 saturated heterocycles. The van der Waals surface area contributed by atoms with Crippen molar-refractivity contribution in [2.45, 2.75) is 4.21 Å². The van der Waals surface area contributed by atoms with Crippen LogP contribution in [0.4, 0.5) is 0 Å². The van der Waals surface area contributed by atoms with Crippen molar-refractivity contribution in [3.8, 4) is 0 Å². The maximum absolute atomic E-state index is 11.8. The zero-order valence-corrected chi connectivity index (χ0v) is 16.2. The van der Waals surface area contributed by atoms with Gasteiger partial charge in [0.05, 0.1) is 6.54 Å². The van der Waals surface area contributed by atoms with Gasteiger partial charge in [-0.1, -0.05) is 6.07 Å². The molecule has 6 nitrogen and oxygen atoms in total. The quantitative estimate of drug-likeness (QED) is 0.295. The van der Waals surface area contributed by atoms with E-state index in [1.165, 1.54) is 11.3 Å².